The van der Waals surface area contributed by atoms with E-state index in [2.05, 4.69) is 17.9 Å². The monoisotopic (exact) mass is 322 g/mol. The molecule has 0 aliphatic heterocycles. The van der Waals surface area contributed by atoms with Crippen molar-refractivity contribution >= 4 is 11.9 Å². The van der Waals surface area contributed by atoms with Crippen LogP contribution >= 0.6 is 0 Å². The lowest BCUT2D eigenvalue weighted by atomic mass is 10.2. The maximum absolute atomic E-state index is 12.6. The van der Waals surface area contributed by atoms with Gasteiger partial charge >= 0.3 is 24.2 Å². The van der Waals surface area contributed by atoms with E-state index in [9.17, 15) is 35.9 Å². The van der Waals surface area contributed by atoms with Crippen LogP contribution in [-0.4, -0.2) is 41.9 Å². The first-order valence-corrected chi connectivity index (χ1v) is 5.03. The zero-order chi connectivity index (χ0) is 17.4. The molecule has 10 heteroatoms. The lowest BCUT2D eigenvalue weighted by Gasteiger charge is -2.23. The van der Waals surface area contributed by atoms with Gasteiger partial charge in [0.05, 0.1) is 0 Å². The maximum atomic E-state index is 12.6. The fraction of sp³-hybridized carbons (Fsp3) is 0.455. The first-order valence-electron chi connectivity index (χ1n) is 5.03. The van der Waals surface area contributed by atoms with Gasteiger partial charge in [-0.25, -0.2) is 22.8 Å². The lowest BCUT2D eigenvalue weighted by Crippen LogP contribution is -2.45. The Balaban J connectivity index is 0. The number of carbonyl (C=O) groups excluding carboxylic acids is 1. The first-order chi connectivity index (χ1) is 9.37. The Bertz CT molecular complexity index is 396. The molecule has 0 heterocycles. The van der Waals surface area contributed by atoms with E-state index in [0.717, 1.165) is 13.0 Å². The Morgan fingerprint density at radius 3 is 1.86 bits per heavy atom. The second-order valence-electron chi connectivity index (χ2n) is 3.45. The van der Waals surface area contributed by atoms with Gasteiger partial charge < -0.3 is 9.84 Å². The van der Waals surface area contributed by atoms with Crippen molar-refractivity contribution in [1.82, 2.24) is 0 Å². The fourth-order valence-electron chi connectivity index (χ4n) is 0.566. The van der Waals surface area contributed by atoms with Crippen molar-refractivity contribution in [3.8, 4) is 0 Å². The number of carboxylic acids is 1. The minimum atomic E-state index is -5.11. The van der Waals surface area contributed by atoms with E-state index in [4.69, 9.17) is 5.11 Å². The third-order valence-electron chi connectivity index (χ3n) is 1.63. The Kier molecular flexibility index (Phi) is 9.16. The number of carbonyl (C=O) groups is 2. The maximum Gasteiger partial charge on any atom is 0.349 e. The van der Waals surface area contributed by atoms with Gasteiger partial charge in [0.1, 0.15) is 0 Å². The number of halogens is 6. The summed E-state index contributed by atoms with van der Waals surface area (Å²) in [5.41, 5.74) is -0.425. The number of aliphatic carboxylic acids is 1. The minimum Gasteiger partial charge on any atom is -0.478 e. The van der Waals surface area contributed by atoms with Crippen LogP contribution in [0.15, 0.2) is 24.8 Å². The van der Waals surface area contributed by atoms with Gasteiger partial charge in [0, 0.05) is 11.6 Å². The average Bonchev–Trinajstić information content (AvgIpc) is 2.37. The van der Waals surface area contributed by atoms with Gasteiger partial charge in [0.2, 0.25) is 6.17 Å². The molecule has 0 bridgehead atoms. The molecule has 1 N–H and O–H groups in total. The Morgan fingerprint density at radius 2 is 1.62 bits per heavy atom. The highest BCUT2D eigenvalue weighted by Crippen LogP contribution is 2.32. The van der Waals surface area contributed by atoms with Crippen LogP contribution in [0.3, 0.4) is 0 Å². The van der Waals surface area contributed by atoms with E-state index in [1.165, 1.54) is 0 Å². The molecule has 0 aliphatic carbocycles. The van der Waals surface area contributed by atoms with E-state index in [1.807, 2.05) is 0 Å². The van der Waals surface area contributed by atoms with Crippen molar-refractivity contribution in [3.63, 3.8) is 0 Å². The predicted octanol–water partition coefficient (Wildman–Crippen LogP) is 2.90. The van der Waals surface area contributed by atoms with Gasteiger partial charge in [-0.3, -0.25) is 0 Å². The molecule has 0 spiro atoms. The highest BCUT2D eigenvalue weighted by molar-refractivity contribution is 5.87. The van der Waals surface area contributed by atoms with E-state index in [-0.39, 0.29) is 0 Å². The van der Waals surface area contributed by atoms with Crippen molar-refractivity contribution in [2.45, 2.75) is 31.8 Å². The third-order valence-corrected chi connectivity index (χ3v) is 1.63. The molecule has 0 radical (unpaired) electrons. The molecule has 0 amide bonds. The Hall–Kier alpha value is -2.00. The van der Waals surface area contributed by atoms with Crippen LogP contribution in [0.4, 0.5) is 26.3 Å². The quantitative estimate of drug-likeness (QED) is 0.464. The number of ether oxygens (including phenoxy) is 1. The van der Waals surface area contributed by atoms with E-state index in [1.54, 1.807) is 0 Å². The normalized spacial score (nSPS) is 13.5. The lowest BCUT2D eigenvalue weighted by molar-refractivity contribution is -0.237. The summed E-state index contributed by atoms with van der Waals surface area (Å²) in [5, 5.41) is 7.60. The highest BCUT2D eigenvalue weighted by atomic mass is 19.3. The molecule has 2 unspecified atom stereocenters. The molecule has 0 aliphatic rings. The van der Waals surface area contributed by atoms with Gasteiger partial charge in [-0.2, -0.15) is 13.2 Å². The minimum absolute atomic E-state index is 0.425. The molecule has 0 saturated heterocycles. The number of carboxylic acid groups (broad SMARTS) is 1. The standard InChI is InChI=1S/C8H8F6O2.C3H4O2/c1-3(2)6(15)16-7(12)8(13,14)4(9)5(10)11;1-2-3(4)5/h4-5,7H,1H2,2H3;2H,1H2,(H,4,5). The molecular formula is C11H12F6O4. The highest BCUT2D eigenvalue weighted by Gasteiger charge is 2.55. The fourth-order valence-corrected chi connectivity index (χ4v) is 0.566. The van der Waals surface area contributed by atoms with Crippen LogP contribution in [0.5, 0.6) is 0 Å². The number of alkyl halides is 6. The summed E-state index contributed by atoms with van der Waals surface area (Å²) in [7, 11) is 0. The molecule has 21 heavy (non-hydrogen) atoms. The number of esters is 1. The molecule has 2 atom stereocenters. The van der Waals surface area contributed by atoms with E-state index < -0.39 is 42.4 Å². The molecule has 4 nitrogen and oxygen atoms in total. The van der Waals surface area contributed by atoms with Gasteiger partial charge in [-0.15, -0.1) is 0 Å². The molecule has 0 aromatic rings. The van der Waals surface area contributed by atoms with Gasteiger partial charge in [-0.1, -0.05) is 13.2 Å². The van der Waals surface area contributed by atoms with Crippen LogP contribution in [-0.2, 0) is 14.3 Å². The Morgan fingerprint density at radius 1 is 1.24 bits per heavy atom. The van der Waals surface area contributed by atoms with Crippen LogP contribution in [0.2, 0.25) is 0 Å². The summed E-state index contributed by atoms with van der Waals surface area (Å²) >= 11 is 0. The number of hydrogen-bond donors (Lipinski definition) is 1. The predicted molar refractivity (Wildman–Crippen MR) is 59.5 cm³/mol. The van der Waals surface area contributed by atoms with E-state index in [0.29, 0.717) is 0 Å². The smallest absolute Gasteiger partial charge is 0.349 e. The molecular weight excluding hydrogens is 310 g/mol. The summed E-state index contributed by atoms with van der Waals surface area (Å²) in [6.45, 7) is 6.92. The third kappa shape index (κ3) is 8.00. The molecule has 0 saturated carbocycles. The van der Waals surface area contributed by atoms with Gasteiger partial charge in [0.15, 0.2) is 0 Å². The van der Waals surface area contributed by atoms with Crippen LogP contribution in [0.25, 0.3) is 0 Å². The molecule has 0 aromatic carbocycles. The second-order valence-corrected chi connectivity index (χ2v) is 3.45. The van der Waals surface area contributed by atoms with Crippen molar-refractivity contribution < 1.29 is 45.8 Å². The van der Waals surface area contributed by atoms with Gasteiger partial charge in [0.25, 0.3) is 6.43 Å². The molecule has 0 rings (SSSR count). The SMILES string of the molecule is C=C(C)C(=O)OC(F)C(F)(F)C(F)C(F)F.C=CC(=O)O. The summed E-state index contributed by atoms with van der Waals surface area (Å²) in [4.78, 5) is 19.8. The zero-order valence-corrected chi connectivity index (χ0v) is 10.7. The average molecular weight is 322 g/mol. The Labute approximate surface area is 115 Å². The van der Waals surface area contributed by atoms with Crippen molar-refractivity contribution in [2.24, 2.45) is 0 Å². The van der Waals surface area contributed by atoms with Crippen molar-refractivity contribution in [1.29, 1.82) is 0 Å². The largest absolute Gasteiger partial charge is 0.478 e. The van der Waals surface area contributed by atoms with Crippen LogP contribution in [0.1, 0.15) is 6.92 Å². The topological polar surface area (TPSA) is 63.6 Å². The summed E-state index contributed by atoms with van der Waals surface area (Å²) in [6.07, 6.45) is -11.1. The molecule has 122 valence electrons. The van der Waals surface area contributed by atoms with Crippen LogP contribution < -0.4 is 0 Å². The molecule has 0 aromatic heterocycles. The van der Waals surface area contributed by atoms with Crippen molar-refractivity contribution in [3.05, 3.63) is 24.8 Å². The summed E-state index contributed by atoms with van der Waals surface area (Å²) in [6, 6.07) is 0. The van der Waals surface area contributed by atoms with E-state index >= 15 is 0 Å². The van der Waals surface area contributed by atoms with Crippen LogP contribution in [0, 0.1) is 0 Å². The summed E-state index contributed by atoms with van der Waals surface area (Å²) < 4.78 is 76.6. The van der Waals surface area contributed by atoms with Gasteiger partial charge in [-0.05, 0) is 6.92 Å². The van der Waals surface area contributed by atoms with Crippen molar-refractivity contribution in [2.75, 3.05) is 0 Å². The number of hydrogen-bond acceptors (Lipinski definition) is 3. The molecule has 0 fully saturated rings. The summed E-state index contributed by atoms with van der Waals surface area (Å²) in [5.74, 6) is -7.65. The first kappa shape index (κ1) is 21.3. The second kappa shape index (κ2) is 9.03. The zero-order valence-electron chi connectivity index (χ0n) is 10.7. The number of rotatable bonds is 6.